The van der Waals surface area contributed by atoms with Gasteiger partial charge in [0.05, 0.1) is 17.3 Å². The first-order valence-corrected chi connectivity index (χ1v) is 7.08. The van der Waals surface area contributed by atoms with Crippen LogP contribution in [0.3, 0.4) is 0 Å². The van der Waals surface area contributed by atoms with Crippen molar-refractivity contribution in [2.75, 3.05) is 4.72 Å². The second-order valence-electron chi connectivity index (χ2n) is 3.32. The monoisotopic (exact) mass is 332 g/mol. The van der Waals surface area contributed by atoms with Gasteiger partial charge in [0.15, 0.2) is 10.8 Å². The molecular weight excluding hydrogens is 324 g/mol. The van der Waals surface area contributed by atoms with Gasteiger partial charge in [-0.3, -0.25) is 9.82 Å². The lowest BCUT2D eigenvalue weighted by molar-refractivity contribution is 0.278. The van der Waals surface area contributed by atoms with Gasteiger partial charge in [-0.05, 0) is 28.1 Å². The number of anilines is 1. The number of aromatic amines is 1. The molecule has 9 heteroatoms. The zero-order valence-electron chi connectivity index (χ0n) is 8.96. The standard InChI is InChI=1S/C9H9BrN4O3S/c10-7-2-1-3-11-8(7)14-18(16,17)9-6(5-15)4-12-13-9/h1-4,15H,5H2,(H,11,14)(H,12,13). The minimum atomic E-state index is -3.86. The topological polar surface area (TPSA) is 108 Å². The van der Waals surface area contributed by atoms with Gasteiger partial charge in [0.2, 0.25) is 0 Å². The summed E-state index contributed by atoms with van der Waals surface area (Å²) < 4.78 is 26.9. The molecule has 0 amide bonds. The minimum absolute atomic E-state index is 0.163. The van der Waals surface area contributed by atoms with Crippen LogP contribution in [0, 0.1) is 0 Å². The average molecular weight is 333 g/mol. The molecule has 0 saturated heterocycles. The smallest absolute Gasteiger partial charge is 0.280 e. The van der Waals surface area contributed by atoms with Crippen molar-refractivity contribution in [1.29, 1.82) is 0 Å². The van der Waals surface area contributed by atoms with Crippen LogP contribution < -0.4 is 4.72 Å². The molecule has 2 aromatic rings. The Morgan fingerprint density at radius 2 is 2.28 bits per heavy atom. The van der Waals surface area contributed by atoms with Crippen LogP contribution in [0.2, 0.25) is 0 Å². The van der Waals surface area contributed by atoms with Crippen LogP contribution in [0.15, 0.2) is 34.0 Å². The number of rotatable bonds is 4. The number of hydrogen-bond acceptors (Lipinski definition) is 5. The molecule has 0 unspecified atom stereocenters. The summed E-state index contributed by atoms with van der Waals surface area (Å²) in [5, 5.41) is 14.8. The highest BCUT2D eigenvalue weighted by molar-refractivity contribution is 9.10. The van der Waals surface area contributed by atoms with Crippen LogP contribution in [0.4, 0.5) is 5.82 Å². The number of H-pyrrole nitrogens is 1. The Morgan fingerprint density at radius 1 is 1.50 bits per heavy atom. The Labute approximate surface area is 111 Å². The first-order valence-electron chi connectivity index (χ1n) is 4.81. The van der Waals surface area contributed by atoms with Gasteiger partial charge in [0, 0.05) is 11.8 Å². The van der Waals surface area contributed by atoms with E-state index in [1.807, 2.05) is 0 Å². The van der Waals surface area contributed by atoms with E-state index in [0.29, 0.717) is 4.47 Å². The molecule has 18 heavy (non-hydrogen) atoms. The van der Waals surface area contributed by atoms with E-state index in [-0.39, 0.29) is 16.4 Å². The Kier molecular flexibility index (Phi) is 3.64. The van der Waals surface area contributed by atoms with Crippen molar-refractivity contribution in [3.8, 4) is 0 Å². The van der Waals surface area contributed by atoms with Gasteiger partial charge < -0.3 is 5.11 Å². The Balaban J connectivity index is 2.37. The van der Waals surface area contributed by atoms with E-state index in [0.717, 1.165) is 0 Å². The van der Waals surface area contributed by atoms with Gasteiger partial charge in [-0.25, -0.2) is 4.98 Å². The zero-order chi connectivity index (χ0) is 13.2. The number of sulfonamides is 1. The fourth-order valence-electron chi connectivity index (χ4n) is 1.28. The molecule has 2 heterocycles. The third-order valence-electron chi connectivity index (χ3n) is 2.11. The summed E-state index contributed by atoms with van der Waals surface area (Å²) in [6.45, 7) is -0.421. The van der Waals surface area contributed by atoms with Crippen molar-refractivity contribution < 1.29 is 13.5 Å². The molecule has 0 aliphatic heterocycles. The summed E-state index contributed by atoms with van der Waals surface area (Å²) >= 11 is 3.18. The molecule has 0 aliphatic carbocycles. The summed E-state index contributed by atoms with van der Waals surface area (Å²) in [5.41, 5.74) is 0.189. The minimum Gasteiger partial charge on any atom is -0.392 e. The molecule has 0 aliphatic rings. The normalized spacial score (nSPS) is 11.4. The predicted octanol–water partition coefficient (Wildman–Crippen LogP) is 0.860. The predicted molar refractivity (Wildman–Crippen MR) is 67.3 cm³/mol. The quantitative estimate of drug-likeness (QED) is 0.769. The zero-order valence-corrected chi connectivity index (χ0v) is 11.4. The van der Waals surface area contributed by atoms with Crippen LogP contribution in [0.5, 0.6) is 0 Å². The van der Waals surface area contributed by atoms with Crippen LogP contribution in [-0.4, -0.2) is 28.7 Å². The Bertz CT molecular complexity index is 655. The molecule has 0 fully saturated rings. The van der Waals surface area contributed by atoms with Crippen molar-refractivity contribution in [2.45, 2.75) is 11.6 Å². The number of aromatic nitrogens is 3. The van der Waals surface area contributed by atoms with Crippen molar-refractivity contribution in [1.82, 2.24) is 15.2 Å². The maximum absolute atomic E-state index is 12.0. The molecule has 96 valence electrons. The second kappa shape index (κ2) is 5.04. The highest BCUT2D eigenvalue weighted by atomic mass is 79.9. The molecule has 0 spiro atoms. The maximum atomic E-state index is 12.0. The molecule has 7 nitrogen and oxygen atoms in total. The maximum Gasteiger partial charge on any atom is 0.280 e. The van der Waals surface area contributed by atoms with E-state index in [4.69, 9.17) is 5.11 Å². The summed E-state index contributed by atoms with van der Waals surface area (Å²) in [5.74, 6) is 0.163. The van der Waals surface area contributed by atoms with Crippen molar-refractivity contribution in [3.63, 3.8) is 0 Å². The third-order valence-corrected chi connectivity index (χ3v) is 4.10. The number of halogens is 1. The molecule has 0 saturated carbocycles. The molecule has 2 rings (SSSR count). The number of aliphatic hydroxyl groups is 1. The van der Waals surface area contributed by atoms with Gasteiger partial charge in [0.25, 0.3) is 10.0 Å². The van der Waals surface area contributed by atoms with E-state index in [2.05, 4.69) is 35.8 Å². The van der Waals surface area contributed by atoms with E-state index in [1.165, 1.54) is 12.4 Å². The van der Waals surface area contributed by atoms with Gasteiger partial charge >= 0.3 is 0 Å². The third kappa shape index (κ3) is 2.52. The van der Waals surface area contributed by atoms with Gasteiger partial charge in [-0.2, -0.15) is 13.5 Å². The lowest BCUT2D eigenvalue weighted by Crippen LogP contribution is -2.16. The van der Waals surface area contributed by atoms with E-state index in [1.54, 1.807) is 12.1 Å². The molecular formula is C9H9BrN4O3S. The molecule has 0 bridgehead atoms. The summed E-state index contributed by atoms with van der Waals surface area (Å²) in [6.07, 6.45) is 2.71. The summed E-state index contributed by atoms with van der Waals surface area (Å²) in [6, 6.07) is 3.32. The Morgan fingerprint density at radius 3 is 2.94 bits per heavy atom. The molecule has 3 N–H and O–H groups in total. The summed E-state index contributed by atoms with van der Waals surface area (Å²) in [4.78, 5) is 3.89. The Hall–Kier alpha value is -1.45. The van der Waals surface area contributed by atoms with Crippen LogP contribution in [0.1, 0.15) is 5.56 Å². The second-order valence-corrected chi connectivity index (χ2v) is 5.80. The van der Waals surface area contributed by atoms with Crippen LogP contribution in [-0.2, 0) is 16.6 Å². The van der Waals surface area contributed by atoms with E-state index >= 15 is 0 Å². The fraction of sp³-hybridized carbons (Fsp3) is 0.111. The van der Waals surface area contributed by atoms with Crippen molar-refractivity contribution in [2.24, 2.45) is 0 Å². The van der Waals surface area contributed by atoms with Crippen molar-refractivity contribution in [3.05, 3.63) is 34.6 Å². The molecule has 0 aromatic carbocycles. The number of nitrogens with zero attached hydrogens (tertiary/aromatic N) is 2. The first-order chi connectivity index (χ1) is 8.54. The SMILES string of the molecule is O=S(=O)(Nc1ncccc1Br)c1[nH]ncc1CO. The highest BCUT2D eigenvalue weighted by Gasteiger charge is 2.21. The summed E-state index contributed by atoms with van der Waals surface area (Å²) in [7, 11) is -3.86. The number of pyridine rings is 1. The molecule has 2 aromatic heterocycles. The fourth-order valence-corrected chi connectivity index (χ4v) is 2.92. The van der Waals surface area contributed by atoms with Crippen molar-refractivity contribution >= 4 is 31.8 Å². The molecule has 0 radical (unpaired) electrons. The van der Waals surface area contributed by atoms with Gasteiger partial charge in [0.1, 0.15) is 0 Å². The first kappa shape index (κ1) is 13.0. The highest BCUT2D eigenvalue weighted by Crippen LogP contribution is 2.22. The molecule has 0 atom stereocenters. The van der Waals surface area contributed by atoms with Gasteiger partial charge in [-0.1, -0.05) is 0 Å². The van der Waals surface area contributed by atoms with E-state index in [9.17, 15) is 8.42 Å². The van der Waals surface area contributed by atoms with Crippen LogP contribution in [0.25, 0.3) is 0 Å². The average Bonchev–Trinajstić information content (AvgIpc) is 2.81. The number of aliphatic hydroxyl groups excluding tert-OH is 1. The van der Waals surface area contributed by atoms with E-state index < -0.39 is 16.6 Å². The number of hydrogen-bond donors (Lipinski definition) is 3. The lowest BCUT2D eigenvalue weighted by Gasteiger charge is -2.07. The number of nitrogens with one attached hydrogen (secondary N) is 2. The largest absolute Gasteiger partial charge is 0.392 e. The van der Waals surface area contributed by atoms with Gasteiger partial charge in [-0.15, -0.1) is 0 Å². The lowest BCUT2D eigenvalue weighted by atomic mass is 10.4. The van der Waals surface area contributed by atoms with Crippen LogP contribution >= 0.6 is 15.9 Å².